The van der Waals surface area contributed by atoms with Gasteiger partial charge in [0, 0.05) is 24.3 Å². The van der Waals surface area contributed by atoms with Crippen molar-refractivity contribution in [3.63, 3.8) is 0 Å². The molecule has 0 radical (unpaired) electrons. The maximum absolute atomic E-state index is 12.9. The van der Waals surface area contributed by atoms with Crippen molar-refractivity contribution in [1.82, 2.24) is 14.9 Å². The molecule has 1 aromatic heterocycles. The number of nitrogens with zero attached hydrogens (tertiary/aromatic N) is 3. The van der Waals surface area contributed by atoms with Crippen LogP contribution < -0.4 is 5.32 Å². The maximum Gasteiger partial charge on any atom is 0.272 e. The average Bonchev–Trinajstić information content (AvgIpc) is 2.64. The van der Waals surface area contributed by atoms with Gasteiger partial charge in [-0.05, 0) is 50.7 Å². The molecule has 2 heterocycles. The highest BCUT2D eigenvalue weighted by atomic mass is 16.2. The van der Waals surface area contributed by atoms with Crippen LogP contribution in [-0.2, 0) is 0 Å². The predicted octanol–water partition coefficient (Wildman–Crippen LogP) is 4.24. The van der Waals surface area contributed by atoms with Crippen molar-refractivity contribution in [2.24, 2.45) is 0 Å². The maximum atomic E-state index is 12.9. The van der Waals surface area contributed by atoms with Gasteiger partial charge in [-0.15, -0.1) is 0 Å². The molecule has 132 valence electrons. The number of carbonyl (C=O) groups is 1. The van der Waals surface area contributed by atoms with Crippen LogP contribution in [0.5, 0.6) is 0 Å². The van der Waals surface area contributed by atoms with Crippen LogP contribution in [-0.4, -0.2) is 33.4 Å². The molecule has 5 heteroatoms. The lowest BCUT2D eigenvalue weighted by molar-refractivity contribution is 0.0602. The van der Waals surface area contributed by atoms with Gasteiger partial charge in [0.1, 0.15) is 17.8 Å². The smallest absolute Gasteiger partial charge is 0.272 e. The quantitative estimate of drug-likeness (QED) is 0.906. The average molecular weight is 338 g/mol. The lowest BCUT2D eigenvalue weighted by atomic mass is 9.99. The molecule has 1 aromatic carbocycles. The molecule has 1 aliphatic rings. The zero-order chi connectivity index (χ0) is 17.8. The largest absolute Gasteiger partial charge is 0.340 e. The molecular weight excluding hydrogens is 312 g/mol. The van der Waals surface area contributed by atoms with Gasteiger partial charge in [-0.3, -0.25) is 4.79 Å². The number of hydrogen-bond acceptors (Lipinski definition) is 4. The molecule has 1 N–H and O–H groups in total. The van der Waals surface area contributed by atoms with Gasteiger partial charge >= 0.3 is 0 Å². The standard InChI is InChI=1S/C20H26N4O/c1-4-16-10-5-6-11-24(16)20(25)17-12-18(22-13-21-17)23-19-14(2)8-7-9-15(19)3/h7-9,12-13,16H,4-6,10-11H2,1-3H3,(H,21,22,23). The number of anilines is 2. The Labute approximate surface area is 149 Å². The van der Waals surface area contributed by atoms with Crippen molar-refractivity contribution < 1.29 is 4.79 Å². The monoisotopic (exact) mass is 338 g/mol. The molecular formula is C20H26N4O. The van der Waals surface area contributed by atoms with Gasteiger partial charge in [-0.2, -0.15) is 0 Å². The summed E-state index contributed by atoms with van der Waals surface area (Å²) < 4.78 is 0. The molecule has 0 spiro atoms. The van der Waals surface area contributed by atoms with E-state index in [0.717, 1.165) is 42.6 Å². The molecule has 1 atom stereocenters. The van der Waals surface area contributed by atoms with Crippen molar-refractivity contribution in [2.45, 2.75) is 52.5 Å². The lowest BCUT2D eigenvalue weighted by Crippen LogP contribution is -2.43. The van der Waals surface area contributed by atoms with Crippen LogP contribution in [0.2, 0.25) is 0 Å². The van der Waals surface area contributed by atoms with Gasteiger partial charge in [0.15, 0.2) is 0 Å². The molecule has 1 saturated heterocycles. The number of benzene rings is 1. The van der Waals surface area contributed by atoms with Crippen molar-refractivity contribution in [1.29, 1.82) is 0 Å². The fraction of sp³-hybridized carbons (Fsp3) is 0.450. The lowest BCUT2D eigenvalue weighted by Gasteiger charge is -2.35. The molecule has 5 nitrogen and oxygen atoms in total. The number of aryl methyl sites for hydroxylation is 2. The van der Waals surface area contributed by atoms with Gasteiger partial charge in [0.2, 0.25) is 0 Å². The second-order valence-corrected chi connectivity index (χ2v) is 6.74. The van der Waals surface area contributed by atoms with Gasteiger partial charge < -0.3 is 10.2 Å². The molecule has 1 fully saturated rings. The highest BCUT2D eigenvalue weighted by Crippen LogP contribution is 2.25. The second-order valence-electron chi connectivity index (χ2n) is 6.74. The summed E-state index contributed by atoms with van der Waals surface area (Å²) in [5, 5.41) is 3.34. The van der Waals surface area contributed by atoms with Crippen LogP contribution in [0.1, 0.15) is 54.2 Å². The zero-order valence-electron chi connectivity index (χ0n) is 15.2. The van der Waals surface area contributed by atoms with Crippen molar-refractivity contribution in [3.05, 3.63) is 47.4 Å². The van der Waals surface area contributed by atoms with E-state index in [1.54, 1.807) is 6.07 Å². The minimum Gasteiger partial charge on any atom is -0.340 e. The third kappa shape index (κ3) is 3.81. The topological polar surface area (TPSA) is 58.1 Å². The fourth-order valence-corrected chi connectivity index (χ4v) is 3.52. The molecule has 1 unspecified atom stereocenters. The van der Waals surface area contributed by atoms with Gasteiger partial charge in [-0.25, -0.2) is 9.97 Å². The molecule has 2 aromatic rings. The van der Waals surface area contributed by atoms with E-state index in [1.807, 2.05) is 11.0 Å². The molecule has 25 heavy (non-hydrogen) atoms. The van der Waals surface area contributed by atoms with Crippen LogP contribution in [0.3, 0.4) is 0 Å². The first-order valence-electron chi connectivity index (χ1n) is 9.06. The number of likely N-dealkylation sites (tertiary alicyclic amines) is 1. The van der Waals surface area contributed by atoms with Crippen LogP contribution >= 0.6 is 0 Å². The number of rotatable bonds is 4. The number of hydrogen-bond donors (Lipinski definition) is 1. The van der Waals surface area contributed by atoms with E-state index in [4.69, 9.17) is 0 Å². The first kappa shape index (κ1) is 17.4. The molecule has 0 aliphatic carbocycles. The van der Waals surface area contributed by atoms with E-state index in [1.165, 1.54) is 12.7 Å². The third-order valence-corrected chi connectivity index (χ3v) is 4.98. The summed E-state index contributed by atoms with van der Waals surface area (Å²) in [6, 6.07) is 8.23. The summed E-state index contributed by atoms with van der Waals surface area (Å²) in [5.74, 6) is 0.666. The Morgan fingerprint density at radius 1 is 1.24 bits per heavy atom. The zero-order valence-corrected chi connectivity index (χ0v) is 15.2. The van der Waals surface area contributed by atoms with Crippen LogP contribution in [0, 0.1) is 13.8 Å². The number of aromatic nitrogens is 2. The Kier molecular flexibility index (Phi) is 5.31. The molecule has 0 bridgehead atoms. The van der Waals surface area contributed by atoms with E-state index in [2.05, 4.69) is 48.2 Å². The van der Waals surface area contributed by atoms with E-state index in [0.29, 0.717) is 17.6 Å². The Morgan fingerprint density at radius 2 is 2.00 bits per heavy atom. The number of piperidine rings is 1. The highest BCUT2D eigenvalue weighted by molar-refractivity contribution is 5.93. The highest BCUT2D eigenvalue weighted by Gasteiger charge is 2.27. The van der Waals surface area contributed by atoms with Crippen molar-refractivity contribution in [2.75, 3.05) is 11.9 Å². The summed E-state index contributed by atoms with van der Waals surface area (Å²) >= 11 is 0. The van der Waals surface area contributed by atoms with Crippen molar-refractivity contribution >= 4 is 17.4 Å². The SMILES string of the molecule is CCC1CCCCN1C(=O)c1cc(Nc2c(C)cccc2C)ncn1. The normalized spacial score (nSPS) is 17.4. The minimum atomic E-state index is 0.0125. The number of para-hydroxylation sites is 1. The summed E-state index contributed by atoms with van der Waals surface area (Å²) in [6.07, 6.45) is 5.81. The molecule has 3 rings (SSSR count). The first-order valence-corrected chi connectivity index (χ1v) is 9.06. The Hall–Kier alpha value is -2.43. The summed E-state index contributed by atoms with van der Waals surface area (Å²) in [4.78, 5) is 23.4. The second kappa shape index (κ2) is 7.64. The van der Waals surface area contributed by atoms with Gasteiger partial charge in [0.25, 0.3) is 5.91 Å². The van der Waals surface area contributed by atoms with E-state index in [9.17, 15) is 4.79 Å². The van der Waals surface area contributed by atoms with Crippen LogP contribution in [0.4, 0.5) is 11.5 Å². The molecule has 1 aliphatic heterocycles. The van der Waals surface area contributed by atoms with E-state index < -0.39 is 0 Å². The number of carbonyl (C=O) groups excluding carboxylic acids is 1. The minimum absolute atomic E-state index is 0.0125. The first-order chi connectivity index (χ1) is 12.1. The summed E-state index contributed by atoms with van der Waals surface area (Å²) in [5.41, 5.74) is 3.79. The van der Waals surface area contributed by atoms with Crippen molar-refractivity contribution in [3.8, 4) is 0 Å². The molecule has 0 saturated carbocycles. The number of amides is 1. The Balaban J connectivity index is 1.82. The van der Waals surface area contributed by atoms with Gasteiger partial charge in [0.05, 0.1) is 0 Å². The molecule has 1 amide bonds. The fourth-order valence-electron chi connectivity index (χ4n) is 3.52. The van der Waals surface area contributed by atoms with Crippen LogP contribution in [0.15, 0.2) is 30.6 Å². The van der Waals surface area contributed by atoms with E-state index in [-0.39, 0.29) is 5.91 Å². The summed E-state index contributed by atoms with van der Waals surface area (Å²) in [6.45, 7) is 7.08. The van der Waals surface area contributed by atoms with Crippen LogP contribution in [0.25, 0.3) is 0 Å². The van der Waals surface area contributed by atoms with Gasteiger partial charge in [-0.1, -0.05) is 25.1 Å². The Bertz CT molecular complexity index is 739. The third-order valence-electron chi connectivity index (χ3n) is 4.98. The predicted molar refractivity (Wildman–Crippen MR) is 100 cm³/mol. The van der Waals surface area contributed by atoms with E-state index >= 15 is 0 Å². The number of nitrogens with one attached hydrogen (secondary N) is 1. The Morgan fingerprint density at radius 3 is 2.72 bits per heavy atom. The summed E-state index contributed by atoms with van der Waals surface area (Å²) in [7, 11) is 0.